The quantitative estimate of drug-likeness (QED) is 0.335. The van der Waals surface area contributed by atoms with Gasteiger partial charge in [0.1, 0.15) is 0 Å². The van der Waals surface area contributed by atoms with Gasteiger partial charge in [-0.3, -0.25) is 4.79 Å². The summed E-state index contributed by atoms with van der Waals surface area (Å²) >= 11 is 0. The molecule has 30 heavy (non-hydrogen) atoms. The van der Waals surface area contributed by atoms with Crippen LogP contribution < -0.4 is 0 Å². The van der Waals surface area contributed by atoms with Crippen LogP contribution in [0.2, 0.25) is 0 Å². The van der Waals surface area contributed by atoms with Crippen molar-refractivity contribution in [2.24, 2.45) is 0 Å². The molecule has 0 heterocycles. The molecule has 0 bridgehead atoms. The van der Waals surface area contributed by atoms with Gasteiger partial charge in [0.25, 0.3) is 0 Å². The van der Waals surface area contributed by atoms with Crippen molar-refractivity contribution in [2.45, 2.75) is 78.2 Å². The molecule has 2 aromatic carbocycles. The van der Waals surface area contributed by atoms with Crippen molar-refractivity contribution in [3.8, 4) is 0 Å². The summed E-state index contributed by atoms with van der Waals surface area (Å²) < 4.78 is 0. The minimum Gasteiger partial charge on any atom is -0.335 e. The molecule has 1 amide bonds. The van der Waals surface area contributed by atoms with E-state index in [1.165, 1.54) is 30.4 Å². The van der Waals surface area contributed by atoms with Crippen molar-refractivity contribution < 1.29 is 4.79 Å². The predicted molar refractivity (Wildman–Crippen MR) is 130 cm³/mol. The lowest BCUT2D eigenvalue weighted by Crippen LogP contribution is -2.42. The van der Waals surface area contributed by atoms with Gasteiger partial charge in [0.15, 0.2) is 0 Å². The summed E-state index contributed by atoms with van der Waals surface area (Å²) in [5, 5.41) is 0. The maximum Gasteiger partial charge on any atom is 0.230 e. The molecule has 162 valence electrons. The number of unbranched alkanes of at least 4 members (excludes halogenated alkanes) is 2. The van der Waals surface area contributed by atoms with Crippen LogP contribution >= 0.6 is 0 Å². The van der Waals surface area contributed by atoms with Gasteiger partial charge in [0.05, 0.1) is 5.92 Å². The number of carbonyl (C=O) groups excluding carboxylic acids is 1. The molecule has 0 aliphatic rings. The maximum absolute atomic E-state index is 13.7. The van der Waals surface area contributed by atoms with Crippen LogP contribution in [0.5, 0.6) is 0 Å². The monoisotopic (exact) mass is 405 g/mol. The van der Waals surface area contributed by atoms with Crippen molar-refractivity contribution in [3.05, 3.63) is 77.4 Å². The Balaban J connectivity index is 2.30. The van der Waals surface area contributed by atoms with Gasteiger partial charge < -0.3 is 4.90 Å². The van der Waals surface area contributed by atoms with Gasteiger partial charge in [-0.15, -0.1) is 0 Å². The minimum absolute atomic E-state index is 0.0752. The highest BCUT2D eigenvalue weighted by Crippen LogP contribution is 2.26. The number of amides is 1. The molecule has 0 aromatic heterocycles. The van der Waals surface area contributed by atoms with E-state index in [0.717, 1.165) is 31.4 Å². The average molecular weight is 406 g/mol. The van der Waals surface area contributed by atoms with E-state index in [-0.39, 0.29) is 17.9 Å². The first-order valence-corrected chi connectivity index (χ1v) is 11.7. The van der Waals surface area contributed by atoms with Crippen molar-refractivity contribution in [2.75, 3.05) is 6.54 Å². The molecule has 2 aromatic rings. The van der Waals surface area contributed by atoms with Gasteiger partial charge in [-0.05, 0) is 43.7 Å². The number of hydrogen-bond donors (Lipinski definition) is 0. The molecule has 2 heteroatoms. The van der Waals surface area contributed by atoms with E-state index in [4.69, 9.17) is 0 Å². The van der Waals surface area contributed by atoms with E-state index in [0.29, 0.717) is 0 Å². The van der Waals surface area contributed by atoms with Crippen LogP contribution in [0.1, 0.15) is 83.3 Å². The Morgan fingerprint density at radius 2 is 1.53 bits per heavy atom. The van der Waals surface area contributed by atoms with Gasteiger partial charge in [-0.25, -0.2) is 0 Å². The lowest BCUT2D eigenvalue weighted by atomic mass is 9.93. The zero-order chi connectivity index (χ0) is 21.8. The fourth-order valence-corrected chi connectivity index (χ4v) is 3.91. The van der Waals surface area contributed by atoms with Crippen LogP contribution in [0.15, 0.2) is 66.2 Å². The highest BCUT2D eigenvalue weighted by Gasteiger charge is 2.27. The molecule has 0 unspecified atom stereocenters. The van der Waals surface area contributed by atoms with Gasteiger partial charge in [0, 0.05) is 12.6 Å². The maximum atomic E-state index is 13.7. The Labute approximate surface area is 184 Å². The van der Waals surface area contributed by atoms with E-state index >= 15 is 0 Å². The standard InChI is InChI=1S/C28H39NO/c1-5-8-11-18-25(21-24-16-12-9-13-17-24)22-29(23(4)6-2)28(30)27(7-3)26-19-14-10-15-20-26/h9-10,12-17,19-21,23,27H,5-8,11,18,22H2,1-4H3/b25-21+/t23-,27-/m0/s1. The zero-order valence-electron chi connectivity index (χ0n) is 19.3. The van der Waals surface area contributed by atoms with Crippen LogP contribution in [0.4, 0.5) is 0 Å². The number of nitrogens with zero attached hydrogens (tertiary/aromatic N) is 1. The van der Waals surface area contributed by atoms with Gasteiger partial charge >= 0.3 is 0 Å². The van der Waals surface area contributed by atoms with E-state index in [1.54, 1.807) is 0 Å². The van der Waals surface area contributed by atoms with E-state index in [9.17, 15) is 4.79 Å². The summed E-state index contributed by atoms with van der Waals surface area (Å²) in [7, 11) is 0. The largest absolute Gasteiger partial charge is 0.335 e. The SMILES string of the molecule is CCCCC/C(=C\c1ccccc1)CN(C(=O)[C@@H](CC)c1ccccc1)[C@@H](C)CC. The predicted octanol–water partition coefficient (Wildman–Crippen LogP) is 7.47. The summed E-state index contributed by atoms with van der Waals surface area (Å²) in [6.07, 6.45) is 8.73. The van der Waals surface area contributed by atoms with E-state index in [1.807, 2.05) is 18.2 Å². The minimum atomic E-state index is -0.0752. The van der Waals surface area contributed by atoms with E-state index in [2.05, 4.69) is 81.1 Å². The third-order valence-electron chi connectivity index (χ3n) is 5.96. The molecule has 2 atom stereocenters. The molecule has 2 nitrogen and oxygen atoms in total. The Morgan fingerprint density at radius 3 is 2.10 bits per heavy atom. The van der Waals surface area contributed by atoms with Crippen molar-refractivity contribution in [1.29, 1.82) is 0 Å². The molecule has 0 N–H and O–H groups in total. The van der Waals surface area contributed by atoms with Gasteiger partial charge in [-0.2, -0.15) is 0 Å². The Bertz CT molecular complexity index is 766. The van der Waals surface area contributed by atoms with Crippen molar-refractivity contribution in [1.82, 2.24) is 4.90 Å². The number of benzene rings is 2. The van der Waals surface area contributed by atoms with Crippen LogP contribution in [0.25, 0.3) is 6.08 Å². The highest BCUT2D eigenvalue weighted by atomic mass is 16.2. The molecular formula is C28H39NO. The van der Waals surface area contributed by atoms with Crippen LogP contribution in [0.3, 0.4) is 0 Å². The second-order valence-electron chi connectivity index (χ2n) is 8.27. The zero-order valence-corrected chi connectivity index (χ0v) is 19.3. The molecule has 0 aliphatic heterocycles. The fraction of sp³-hybridized carbons (Fsp3) is 0.464. The Hall–Kier alpha value is -2.35. The normalized spacial score (nSPS) is 13.7. The molecule has 0 fully saturated rings. The first-order valence-electron chi connectivity index (χ1n) is 11.7. The van der Waals surface area contributed by atoms with Gasteiger partial charge in [0.2, 0.25) is 5.91 Å². The second kappa shape index (κ2) is 13.1. The van der Waals surface area contributed by atoms with Crippen LogP contribution in [0, 0.1) is 0 Å². The fourth-order valence-electron chi connectivity index (χ4n) is 3.91. The second-order valence-corrected chi connectivity index (χ2v) is 8.27. The molecule has 0 spiro atoms. The lowest BCUT2D eigenvalue weighted by Gasteiger charge is -2.33. The van der Waals surface area contributed by atoms with E-state index < -0.39 is 0 Å². The average Bonchev–Trinajstić information content (AvgIpc) is 2.78. The van der Waals surface area contributed by atoms with Crippen molar-refractivity contribution in [3.63, 3.8) is 0 Å². The summed E-state index contributed by atoms with van der Waals surface area (Å²) in [6, 6.07) is 21.0. The first-order chi connectivity index (χ1) is 14.6. The number of carbonyl (C=O) groups is 1. The van der Waals surface area contributed by atoms with Crippen molar-refractivity contribution >= 4 is 12.0 Å². The highest BCUT2D eigenvalue weighted by molar-refractivity contribution is 5.84. The summed E-state index contributed by atoms with van der Waals surface area (Å²) in [5.74, 6) is 0.182. The van der Waals surface area contributed by atoms with Crippen LogP contribution in [-0.4, -0.2) is 23.4 Å². The number of hydrogen-bond acceptors (Lipinski definition) is 1. The summed E-state index contributed by atoms with van der Waals surface area (Å²) in [4.78, 5) is 15.8. The number of rotatable bonds is 12. The topological polar surface area (TPSA) is 20.3 Å². The molecule has 2 rings (SSSR count). The summed E-state index contributed by atoms with van der Waals surface area (Å²) in [5.41, 5.74) is 3.69. The molecular weight excluding hydrogens is 366 g/mol. The van der Waals surface area contributed by atoms with Gasteiger partial charge in [-0.1, -0.05) is 106 Å². The third kappa shape index (κ3) is 7.16. The van der Waals surface area contributed by atoms with Crippen LogP contribution in [-0.2, 0) is 4.79 Å². The third-order valence-corrected chi connectivity index (χ3v) is 5.96. The Kier molecular flexibility index (Phi) is 10.4. The first kappa shape index (κ1) is 23.9. The smallest absolute Gasteiger partial charge is 0.230 e. The molecule has 0 saturated heterocycles. The lowest BCUT2D eigenvalue weighted by molar-refractivity contribution is -0.134. The summed E-state index contributed by atoms with van der Waals surface area (Å²) in [6.45, 7) is 9.43. The molecule has 0 radical (unpaired) electrons. The molecule has 0 aliphatic carbocycles. The molecule has 0 saturated carbocycles. The Morgan fingerprint density at radius 1 is 0.900 bits per heavy atom.